The summed E-state index contributed by atoms with van der Waals surface area (Å²) in [5.41, 5.74) is -0.0829. The zero-order valence-electron chi connectivity index (χ0n) is 11.8. The summed E-state index contributed by atoms with van der Waals surface area (Å²) in [7, 11) is 0. The summed E-state index contributed by atoms with van der Waals surface area (Å²) in [6.07, 6.45) is 5.83. The molecule has 0 aromatic carbocycles. The smallest absolute Gasteiger partial charge is 0.313 e. The van der Waals surface area contributed by atoms with Crippen LogP contribution < -0.4 is 11.0 Å². The molecule has 1 saturated carbocycles. The van der Waals surface area contributed by atoms with Gasteiger partial charge >= 0.3 is 5.69 Å². The molecule has 1 heterocycles. The van der Waals surface area contributed by atoms with Crippen molar-refractivity contribution in [3.8, 4) is 0 Å². The van der Waals surface area contributed by atoms with Crippen molar-refractivity contribution in [1.82, 2.24) is 20.1 Å². The molecule has 5 nitrogen and oxygen atoms in total. The number of hydrogen-bond donors (Lipinski definition) is 2. The molecule has 2 N–H and O–H groups in total. The Bertz CT molecular complexity index is 442. The third-order valence-corrected chi connectivity index (χ3v) is 4.93. The summed E-state index contributed by atoms with van der Waals surface area (Å²) in [5.74, 6) is 0. The van der Waals surface area contributed by atoms with Crippen molar-refractivity contribution in [3.05, 3.63) is 10.5 Å². The Morgan fingerprint density at radius 3 is 3.00 bits per heavy atom. The number of hydrogen-bond acceptors (Lipinski definition) is 4. The van der Waals surface area contributed by atoms with Gasteiger partial charge in [-0.2, -0.15) is 0 Å². The highest BCUT2D eigenvalue weighted by Crippen LogP contribution is 2.33. The van der Waals surface area contributed by atoms with Gasteiger partial charge in [-0.15, -0.1) is 5.10 Å². The SMILES string of the molecule is CCCNC1CCCC1Sc1n[nH]c(=O)n1CCC. The van der Waals surface area contributed by atoms with E-state index in [9.17, 15) is 4.79 Å². The molecule has 2 rings (SSSR count). The molecule has 108 valence electrons. The third-order valence-electron chi connectivity index (χ3n) is 3.54. The van der Waals surface area contributed by atoms with Crippen LogP contribution in [-0.4, -0.2) is 32.6 Å². The summed E-state index contributed by atoms with van der Waals surface area (Å²) in [6, 6.07) is 0.562. The second kappa shape index (κ2) is 7.14. The Hall–Kier alpha value is -0.750. The van der Waals surface area contributed by atoms with Gasteiger partial charge in [0.2, 0.25) is 0 Å². The monoisotopic (exact) mass is 284 g/mol. The molecule has 0 saturated heterocycles. The van der Waals surface area contributed by atoms with Crippen LogP contribution in [0.1, 0.15) is 46.0 Å². The van der Waals surface area contributed by atoms with E-state index in [1.165, 1.54) is 19.3 Å². The number of aromatic amines is 1. The van der Waals surface area contributed by atoms with Gasteiger partial charge in [0.05, 0.1) is 0 Å². The first-order valence-electron chi connectivity index (χ1n) is 7.31. The van der Waals surface area contributed by atoms with E-state index in [0.29, 0.717) is 11.3 Å². The van der Waals surface area contributed by atoms with Crippen LogP contribution in [0.15, 0.2) is 9.95 Å². The first kappa shape index (κ1) is 14.7. The van der Waals surface area contributed by atoms with E-state index in [1.54, 1.807) is 16.3 Å². The van der Waals surface area contributed by atoms with Crippen LogP contribution in [0.3, 0.4) is 0 Å². The lowest BCUT2D eigenvalue weighted by Gasteiger charge is -2.19. The summed E-state index contributed by atoms with van der Waals surface area (Å²) in [5, 5.41) is 11.7. The van der Waals surface area contributed by atoms with Crippen molar-refractivity contribution in [1.29, 1.82) is 0 Å². The minimum atomic E-state index is -0.0829. The molecule has 1 fully saturated rings. The van der Waals surface area contributed by atoms with Gasteiger partial charge in [-0.05, 0) is 32.2 Å². The van der Waals surface area contributed by atoms with Crippen molar-refractivity contribution in [3.63, 3.8) is 0 Å². The first-order chi connectivity index (χ1) is 9.26. The van der Waals surface area contributed by atoms with Gasteiger partial charge < -0.3 is 5.32 Å². The van der Waals surface area contributed by atoms with Gasteiger partial charge in [-0.3, -0.25) is 4.57 Å². The van der Waals surface area contributed by atoms with E-state index >= 15 is 0 Å². The highest BCUT2D eigenvalue weighted by atomic mass is 32.2. The summed E-state index contributed by atoms with van der Waals surface area (Å²) in [4.78, 5) is 11.7. The van der Waals surface area contributed by atoms with Crippen LogP contribution in [0.25, 0.3) is 0 Å². The molecular weight excluding hydrogens is 260 g/mol. The largest absolute Gasteiger partial charge is 0.343 e. The van der Waals surface area contributed by atoms with Crippen LogP contribution in [0.4, 0.5) is 0 Å². The van der Waals surface area contributed by atoms with Crippen molar-refractivity contribution < 1.29 is 0 Å². The first-order valence-corrected chi connectivity index (χ1v) is 8.19. The lowest BCUT2D eigenvalue weighted by molar-refractivity contribution is 0.528. The van der Waals surface area contributed by atoms with Crippen molar-refractivity contribution in [2.24, 2.45) is 0 Å². The van der Waals surface area contributed by atoms with Crippen LogP contribution in [-0.2, 0) is 6.54 Å². The van der Waals surface area contributed by atoms with E-state index in [1.807, 2.05) is 0 Å². The number of nitrogens with zero attached hydrogens (tertiary/aromatic N) is 2. The van der Waals surface area contributed by atoms with Crippen molar-refractivity contribution in [2.45, 2.75) is 68.9 Å². The molecule has 1 aliphatic rings. The second-order valence-corrected chi connectivity index (χ2v) is 6.32. The third kappa shape index (κ3) is 3.63. The molecule has 0 amide bonds. The van der Waals surface area contributed by atoms with Crippen LogP contribution in [0.5, 0.6) is 0 Å². The number of rotatable bonds is 7. The van der Waals surface area contributed by atoms with Gasteiger partial charge in [0, 0.05) is 17.8 Å². The molecule has 2 unspecified atom stereocenters. The van der Waals surface area contributed by atoms with Crippen molar-refractivity contribution >= 4 is 11.8 Å². The number of H-pyrrole nitrogens is 1. The second-order valence-electron chi connectivity index (χ2n) is 5.11. The minimum Gasteiger partial charge on any atom is -0.313 e. The van der Waals surface area contributed by atoms with Gasteiger partial charge in [-0.1, -0.05) is 32.0 Å². The zero-order chi connectivity index (χ0) is 13.7. The highest BCUT2D eigenvalue weighted by Gasteiger charge is 2.29. The molecule has 1 aliphatic carbocycles. The number of nitrogens with one attached hydrogen (secondary N) is 2. The van der Waals surface area contributed by atoms with Gasteiger partial charge in [-0.25, -0.2) is 9.89 Å². The molecular formula is C13H24N4OS. The Balaban J connectivity index is 2.01. The topological polar surface area (TPSA) is 62.7 Å². The fraction of sp³-hybridized carbons (Fsp3) is 0.846. The maximum atomic E-state index is 11.7. The van der Waals surface area contributed by atoms with E-state index in [-0.39, 0.29) is 5.69 Å². The van der Waals surface area contributed by atoms with Gasteiger partial charge in [0.1, 0.15) is 0 Å². The standard InChI is InChI=1S/C13H24N4OS/c1-3-8-14-10-6-5-7-11(10)19-13-16-15-12(18)17(13)9-4-2/h10-11,14H,3-9H2,1-2H3,(H,15,18). The quantitative estimate of drug-likeness (QED) is 0.804. The normalized spacial score (nSPS) is 23.1. The van der Waals surface area contributed by atoms with Crippen molar-refractivity contribution in [2.75, 3.05) is 6.54 Å². The Morgan fingerprint density at radius 2 is 2.26 bits per heavy atom. The number of thioether (sulfide) groups is 1. The van der Waals surface area contributed by atoms with E-state index < -0.39 is 0 Å². The molecule has 1 aromatic heterocycles. The Kier molecular flexibility index (Phi) is 5.51. The molecule has 1 aromatic rings. The maximum Gasteiger partial charge on any atom is 0.343 e. The van der Waals surface area contributed by atoms with E-state index in [2.05, 4.69) is 29.4 Å². The average Bonchev–Trinajstić information content (AvgIpc) is 2.98. The molecule has 2 atom stereocenters. The molecule has 0 radical (unpaired) electrons. The van der Waals surface area contributed by atoms with Crippen LogP contribution in [0, 0.1) is 0 Å². The van der Waals surface area contributed by atoms with Crippen LogP contribution >= 0.6 is 11.8 Å². The number of aromatic nitrogens is 3. The summed E-state index contributed by atoms with van der Waals surface area (Å²) in [6.45, 7) is 6.09. The molecule has 19 heavy (non-hydrogen) atoms. The fourth-order valence-corrected chi connectivity index (χ4v) is 3.93. The molecule has 0 spiro atoms. The average molecular weight is 284 g/mol. The molecule has 0 bridgehead atoms. The predicted molar refractivity (Wildman–Crippen MR) is 78.7 cm³/mol. The lowest BCUT2D eigenvalue weighted by atomic mass is 10.2. The zero-order valence-corrected chi connectivity index (χ0v) is 12.6. The fourth-order valence-electron chi connectivity index (χ4n) is 2.58. The Morgan fingerprint density at radius 1 is 1.42 bits per heavy atom. The molecule has 6 heteroatoms. The van der Waals surface area contributed by atoms with E-state index in [4.69, 9.17) is 0 Å². The summed E-state index contributed by atoms with van der Waals surface area (Å²) >= 11 is 1.76. The summed E-state index contributed by atoms with van der Waals surface area (Å²) < 4.78 is 1.76. The van der Waals surface area contributed by atoms with Gasteiger partial charge in [0.15, 0.2) is 5.16 Å². The van der Waals surface area contributed by atoms with Gasteiger partial charge in [0.25, 0.3) is 0 Å². The lowest BCUT2D eigenvalue weighted by Crippen LogP contribution is -2.34. The minimum absolute atomic E-state index is 0.0829. The molecule has 0 aliphatic heterocycles. The van der Waals surface area contributed by atoms with E-state index in [0.717, 1.165) is 31.1 Å². The highest BCUT2D eigenvalue weighted by molar-refractivity contribution is 7.99. The Labute approximate surface area is 118 Å². The predicted octanol–water partition coefficient (Wildman–Crippen LogP) is 1.99. The maximum absolute atomic E-state index is 11.7. The van der Waals surface area contributed by atoms with Crippen LogP contribution in [0.2, 0.25) is 0 Å².